The first-order valence-electron chi connectivity index (χ1n) is 8.87. The third-order valence-electron chi connectivity index (χ3n) is 4.57. The Balaban J connectivity index is 1.97. The summed E-state index contributed by atoms with van der Waals surface area (Å²) in [5, 5.41) is 14.5. The monoisotopic (exact) mass is 424 g/mol. The molecule has 6 heteroatoms. The number of hydrogen-bond acceptors (Lipinski definition) is 4. The molecule has 3 rings (SSSR count). The average Bonchev–Trinajstić information content (AvgIpc) is 3.20. The Morgan fingerprint density at radius 2 is 1.96 bits per heavy atom. The van der Waals surface area contributed by atoms with Crippen molar-refractivity contribution >= 4 is 15.9 Å². The smallest absolute Gasteiger partial charge is 0.137 e. The second-order valence-corrected chi connectivity index (χ2v) is 7.26. The summed E-state index contributed by atoms with van der Waals surface area (Å²) in [5.74, 6) is 0.748. The van der Waals surface area contributed by atoms with Crippen molar-refractivity contribution in [3.8, 4) is 11.8 Å². The summed E-state index contributed by atoms with van der Waals surface area (Å²) < 4.78 is 8.59. The summed E-state index contributed by atoms with van der Waals surface area (Å²) in [4.78, 5) is 4.03. The van der Waals surface area contributed by atoms with Gasteiger partial charge in [0.2, 0.25) is 0 Å². The lowest BCUT2D eigenvalue weighted by atomic mass is 9.76. The molecule has 0 aliphatic rings. The van der Waals surface area contributed by atoms with E-state index >= 15 is 0 Å². The summed E-state index contributed by atoms with van der Waals surface area (Å²) in [6.45, 7) is 2.92. The van der Waals surface area contributed by atoms with Gasteiger partial charge in [-0.2, -0.15) is 10.4 Å². The van der Waals surface area contributed by atoms with E-state index < -0.39 is 5.41 Å². The molecule has 0 spiro atoms. The van der Waals surface area contributed by atoms with Crippen molar-refractivity contribution in [1.29, 1.82) is 5.26 Å². The summed E-state index contributed by atoms with van der Waals surface area (Å²) in [7, 11) is 0. The highest BCUT2D eigenvalue weighted by atomic mass is 79.9. The van der Waals surface area contributed by atoms with Crippen LogP contribution >= 0.6 is 15.9 Å². The Labute approximate surface area is 167 Å². The van der Waals surface area contributed by atoms with Gasteiger partial charge in [0.05, 0.1) is 19.2 Å². The van der Waals surface area contributed by atoms with Gasteiger partial charge in [0, 0.05) is 10.0 Å². The minimum Gasteiger partial charge on any atom is -0.494 e. The Kier molecular flexibility index (Phi) is 6.25. The van der Waals surface area contributed by atoms with Gasteiger partial charge < -0.3 is 4.74 Å². The molecule has 1 atom stereocenters. The Morgan fingerprint density at radius 3 is 2.63 bits per heavy atom. The molecule has 0 radical (unpaired) electrons. The van der Waals surface area contributed by atoms with E-state index in [4.69, 9.17) is 4.74 Å². The van der Waals surface area contributed by atoms with Gasteiger partial charge in [0.1, 0.15) is 23.8 Å². The van der Waals surface area contributed by atoms with Crippen LogP contribution in [0.1, 0.15) is 24.5 Å². The maximum atomic E-state index is 10.3. The van der Waals surface area contributed by atoms with Crippen LogP contribution in [-0.4, -0.2) is 21.4 Å². The zero-order valence-electron chi connectivity index (χ0n) is 15.2. The lowest BCUT2D eigenvalue weighted by Gasteiger charge is -2.29. The first-order chi connectivity index (χ1) is 13.2. The number of aryl methyl sites for hydroxylation is 1. The highest BCUT2D eigenvalue weighted by molar-refractivity contribution is 9.10. The Hall–Kier alpha value is -2.65. The maximum absolute atomic E-state index is 10.3. The van der Waals surface area contributed by atoms with Crippen LogP contribution in [0.25, 0.3) is 0 Å². The molecule has 0 aliphatic carbocycles. The maximum Gasteiger partial charge on any atom is 0.137 e. The fourth-order valence-corrected chi connectivity index (χ4v) is 3.46. The normalized spacial score (nSPS) is 12.9. The number of hydrogen-bond donors (Lipinski definition) is 0. The first kappa shape index (κ1) is 19.1. The van der Waals surface area contributed by atoms with Crippen LogP contribution < -0.4 is 4.74 Å². The van der Waals surface area contributed by atoms with Gasteiger partial charge in [0.15, 0.2) is 0 Å². The highest BCUT2D eigenvalue weighted by Gasteiger charge is 2.36. The SMILES string of the molecule is CCOc1ccccc1C(C#N)(CCc1ccc(Br)cc1)Cn1cncn1. The van der Waals surface area contributed by atoms with Crippen molar-refractivity contribution in [3.05, 3.63) is 76.8 Å². The average molecular weight is 425 g/mol. The second-order valence-electron chi connectivity index (χ2n) is 6.34. The molecule has 2 aromatic carbocycles. The van der Waals surface area contributed by atoms with Crippen molar-refractivity contribution in [1.82, 2.24) is 14.8 Å². The Morgan fingerprint density at radius 1 is 1.19 bits per heavy atom. The molecular formula is C21H21BrN4O. The molecule has 1 heterocycles. The van der Waals surface area contributed by atoms with E-state index in [1.54, 1.807) is 11.0 Å². The molecule has 0 N–H and O–H groups in total. The number of rotatable bonds is 8. The van der Waals surface area contributed by atoms with Crippen molar-refractivity contribution in [2.24, 2.45) is 0 Å². The Bertz CT molecular complexity index is 903. The molecule has 0 saturated heterocycles. The van der Waals surface area contributed by atoms with Crippen LogP contribution in [0.15, 0.2) is 65.7 Å². The molecule has 3 aromatic rings. The minimum atomic E-state index is -0.771. The lowest BCUT2D eigenvalue weighted by molar-refractivity contribution is 0.319. The van der Waals surface area contributed by atoms with Crippen LogP contribution in [-0.2, 0) is 18.4 Å². The molecule has 138 valence electrons. The zero-order chi connectivity index (χ0) is 19.1. The molecule has 0 amide bonds. The van der Waals surface area contributed by atoms with Crippen molar-refractivity contribution in [2.45, 2.75) is 31.7 Å². The number of aromatic nitrogens is 3. The van der Waals surface area contributed by atoms with Gasteiger partial charge in [-0.05, 0) is 43.5 Å². The molecule has 5 nitrogen and oxygen atoms in total. The fraction of sp³-hybridized carbons (Fsp3) is 0.286. The van der Waals surface area contributed by atoms with Gasteiger partial charge >= 0.3 is 0 Å². The van der Waals surface area contributed by atoms with Gasteiger partial charge in [-0.3, -0.25) is 4.68 Å². The first-order valence-corrected chi connectivity index (χ1v) is 9.66. The van der Waals surface area contributed by atoms with Crippen LogP contribution in [0.2, 0.25) is 0 Å². The van der Waals surface area contributed by atoms with E-state index in [0.717, 1.165) is 22.2 Å². The standard InChI is InChI=1S/C21H21BrN4O/c1-2-27-20-6-4-3-5-19(20)21(13-23,14-26-16-24-15-25-26)12-11-17-7-9-18(22)10-8-17/h3-10,15-16H,2,11-12,14H2,1H3. The van der Waals surface area contributed by atoms with E-state index in [2.05, 4.69) is 44.2 Å². The number of halogens is 1. The second kappa shape index (κ2) is 8.83. The lowest BCUT2D eigenvalue weighted by Crippen LogP contribution is -2.32. The molecule has 1 unspecified atom stereocenters. The van der Waals surface area contributed by atoms with Crippen LogP contribution in [0.5, 0.6) is 5.75 Å². The van der Waals surface area contributed by atoms with Crippen LogP contribution in [0, 0.1) is 11.3 Å². The molecule has 27 heavy (non-hydrogen) atoms. The molecule has 0 fully saturated rings. The summed E-state index contributed by atoms with van der Waals surface area (Å²) >= 11 is 3.47. The van der Waals surface area contributed by atoms with Crippen molar-refractivity contribution in [2.75, 3.05) is 6.61 Å². The third-order valence-corrected chi connectivity index (χ3v) is 5.10. The van der Waals surface area contributed by atoms with E-state index in [-0.39, 0.29) is 0 Å². The number of benzene rings is 2. The van der Waals surface area contributed by atoms with E-state index in [1.807, 2.05) is 43.3 Å². The van der Waals surface area contributed by atoms with Crippen LogP contribution in [0.3, 0.4) is 0 Å². The van der Waals surface area contributed by atoms with Crippen LogP contribution in [0.4, 0.5) is 0 Å². The minimum absolute atomic E-state index is 0.421. The van der Waals surface area contributed by atoms with Crippen molar-refractivity contribution in [3.63, 3.8) is 0 Å². The van der Waals surface area contributed by atoms with E-state index in [0.29, 0.717) is 19.6 Å². The summed E-state index contributed by atoms with van der Waals surface area (Å²) in [6, 6.07) is 18.6. The number of para-hydroxylation sites is 1. The topological polar surface area (TPSA) is 63.7 Å². The van der Waals surface area contributed by atoms with Gasteiger partial charge in [0.25, 0.3) is 0 Å². The highest BCUT2D eigenvalue weighted by Crippen LogP contribution is 2.37. The van der Waals surface area contributed by atoms with E-state index in [1.165, 1.54) is 11.9 Å². The number of ether oxygens (including phenoxy) is 1. The predicted molar refractivity (Wildman–Crippen MR) is 107 cm³/mol. The number of nitriles is 1. The molecule has 0 aliphatic heterocycles. The number of nitrogens with zero attached hydrogens (tertiary/aromatic N) is 4. The summed E-state index contributed by atoms with van der Waals surface area (Å²) in [6.07, 6.45) is 4.56. The zero-order valence-corrected chi connectivity index (χ0v) is 16.8. The van der Waals surface area contributed by atoms with Gasteiger partial charge in [-0.1, -0.05) is 46.3 Å². The molecular weight excluding hydrogens is 404 g/mol. The largest absolute Gasteiger partial charge is 0.494 e. The van der Waals surface area contributed by atoms with Gasteiger partial charge in [-0.15, -0.1) is 0 Å². The van der Waals surface area contributed by atoms with E-state index in [9.17, 15) is 5.26 Å². The molecule has 0 bridgehead atoms. The predicted octanol–water partition coefficient (Wildman–Crippen LogP) is 4.53. The molecule has 0 saturated carbocycles. The van der Waals surface area contributed by atoms with Gasteiger partial charge in [-0.25, -0.2) is 4.98 Å². The molecule has 1 aromatic heterocycles. The fourth-order valence-electron chi connectivity index (χ4n) is 3.19. The van der Waals surface area contributed by atoms with Crippen molar-refractivity contribution < 1.29 is 4.74 Å². The quantitative estimate of drug-likeness (QED) is 0.532. The summed E-state index contributed by atoms with van der Waals surface area (Å²) in [5.41, 5.74) is 1.30. The third kappa shape index (κ3) is 4.55.